The maximum atomic E-state index is 12.1. The van der Waals surface area contributed by atoms with Crippen LogP contribution in [0.2, 0.25) is 4.34 Å². The molecule has 0 amide bonds. The molecule has 1 aromatic rings. The normalized spacial score (nSPS) is 11.5. The quantitative estimate of drug-likeness (QED) is 0.616. The molecule has 0 bridgehead atoms. The predicted octanol–water partition coefficient (Wildman–Crippen LogP) is 3.64. The van der Waals surface area contributed by atoms with Crippen LogP contribution in [-0.2, 0) is 0 Å². The Morgan fingerprint density at radius 1 is 1.10 bits per heavy atom. The van der Waals surface area contributed by atoms with Crippen LogP contribution < -0.4 is 0 Å². The van der Waals surface area contributed by atoms with Crippen molar-refractivity contribution in [2.75, 3.05) is 39.3 Å². The van der Waals surface area contributed by atoms with E-state index in [-0.39, 0.29) is 5.78 Å². The van der Waals surface area contributed by atoms with Crippen molar-refractivity contribution in [3.8, 4) is 0 Å². The van der Waals surface area contributed by atoms with Crippen LogP contribution in [0.3, 0.4) is 0 Å². The number of hydrogen-bond acceptors (Lipinski definition) is 4. The molecule has 0 aliphatic rings. The van der Waals surface area contributed by atoms with E-state index in [0.717, 1.165) is 44.0 Å². The zero-order chi connectivity index (χ0) is 15.0. The van der Waals surface area contributed by atoms with Crippen molar-refractivity contribution in [1.29, 1.82) is 0 Å². The number of hydrogen-bond donors (Lipinski definition) is 0. The number of halogens is 1. The molecular weight excluding hydrogens is 292 g/mol. The molecule has 3 nitrogen and oxygen atoms in total. The van der Waals surface area contributed by atoms with Gasteiger partial charge in [-0.05, 0) is 51.3 Å². The van der Waals surface area contributed by atoms with Gasteiger partial charge in [-0.2, -0.15) is 0 Å². The summed E-state index contributed by atoms with van der Waals surface area (Å²) in [6, 6.07) is 3.61. The van der Waals surface area contributed by atoms with Crippen molar-refractivity contribution < 1.29 is 4.79 Å². The van der Waals surface area contributed by atoms with Gasteiger partial charge in [0.2, 0.25) is 0 Å². The van der Waals surface area contributed by atoms with E-state index in [2.05, 4.69) is 30.6 Å². The highest BCUT2D eigenvalue weighted by molar-refractivity contribution is 7.18. The molecule has 0 fully saturated rings. The van der Waals surface area contributed by atoms with E-state index in [0.29, 0.717) is 10.9 Å². The second kappa shape index (κ2) is 9.50. The Morgan fingerprint density at radius 3 is 2.20 bits per heavy atom. The second-order valence-electron chi connectivity index (χ2n) is 4.78. The minimum absolute atomic E-state index is 0.173. The number of carbonyl (C=O) groups is 1. The molecule has 1 aromatic heterocycles. The summed E-state index contributed by atoms with van der Waals surface area (Å²) in [6.45, 7) is 12.1. The fraction of sp³-hybridized carbons (Fsp3) is 0.667. The molecule has 20 heavy (non-hydrogen) atoms. The summed E-state index contributed by atoms with van der Waals surface area (Å²) in [4.78, 5) is 17.5. The summed E-state index contributed by atoms with van der Waals surface area (Å²) in [6.07, 6.45) is 1.11. The molecule has 5 heteroatoms. The lowest BCUT2D eigenvalue weighted by Crippen LogP contribution is -2.33. The second-order valence-corrected chi connectivity index (χ2v) is 6.49. The molecule has 114 valence electrons. The Bertz CT molecular complexity index is 404. The van der Waals surface area contributed by atoms with Crippen LogP contribution in [0, 0.1) is 0 Å². The molecule has 0 atom stereocenters. The highest BCUT2D eigenvalue weighted by Crippen LogP contribution is 2.21. The average molecular weight is 317 g/mol. The Kier molecular flexibility index (Phi) is 8.38. The van der Waals surface area contributed by atoms with Crippen LogP contribution in [0.5, 0.6) is 0 Å². The third-order valence-corrected chi connectivity index (χ3v) is 4.78. The summed E-state index contributed by atoms with van der Waals surface area (Å²) in [5, 5.41) is 0. The standard InChI is InChI=1S/C15H25ClN2OS/c1-4-17(5-2)10-7-11-18(6-3)12-13(19)14-8-9-15(16)20-14/h8-9H,4-7,10-12H2,1-3H3. The van der Waals surface area contributed by atoms with Crippen LogP contribution in [0.1, 0.15) is 36.9 Å². The fourth-order valence-electron chi connectivity index (χ4n) is 2.15. The van der Waals surface area contributed by atoms with Gasteiger partial charge >= 0.3 is 0 Å². The van der Waals surface area contributed by atoms with Gasteiger partial charge in [0.25, 0.3) is 0 Å². The molecule has 0 spiro atoms. The lowest BCUT2D eigenvalue weighted by atomic mass is 10.2. The van der Waals surface area contributed by atoms with Crippen LogP contribution in [0.25, 0.3) is 0 Å². The molecule has 1 heterocycles. The highest BCUT2D eigenvalue weighted by atomic mass is 35.5. The van der Waals surface area contributed by atoms with E-state index in [9.17, 15) is 4.79 Å². The summed E-state index contributed by atoms with van der Waals surface area (Å²) < 4.78 is 0.679. The van der Waals surface area contributed by atoms with Crippen molar-refractivity contribution >= 4 is 28.7 Å². The van der Waals surface area contributed by atoms with Crippen molar-refractivity contribution in [3.63, 3.8) is 0 Å². The SMILES string of the molecule is CCN(CC)CCCN(CC)CC(=O)c1ccc(Cl)s1. The van der Waals surface area contributed by atoms with E-state index < -0.39 is 0 Å². The van der Waals surface area contributed by atoms with E-state index in [1.54, 1.807) is 6.07 Å². The first-order valence-electron chi connectivity index (χ1n) is 7.33. The molecule has 0 unspecified atom stereocenters. The van der Waals surface area contributed by atoms with Gasteiger partial charge in [-0.15, -0.1) is 11.3 Å². The van der Waals surface area contributed by atoms with Crippen LogP contribution in [0.4, 0.5) is 0 Å². The summed E-state index contributed by atoms with van der Waals surface area (Å²) in [5.41, 5.74) is 0. The van der Waals surface area contributed by atoms with E-state index in [4.69, 9.17) is 11.6 Å². The van der Waals surface area contributed by atoms with Crippen molar-refractivity contribution in [2.45, 2.75) is 27.2 Å². The topological polar surface area (TPSA) is 23.6 Å². The number of likely N-dealkylation sites (N-methyl/N-ethyl adjacent to an activating group) is 1. The summed E-state index contributed by atoms with van der Waals surface area (Å²) in [5.74, 6) is 0.173. The Balaban J connectivity index is 2.37. The fourth-order valence-corrected chi connectivity index (χ4v) is 3.12. The van der Waals surface area contributed by atoms with Gasteiger partial charge in [0, 0.05) is 0 Å². The molecule has 0 saturated carbocycles. The van der Waals surface area contributed by atoms with E-state index in [1.165, 1.54) is 11.3 Å². The van der Waals surface area contributed by atoms with E-state index >= 15 is 0 Å². The molecule has 0 N–H and O–H groups in total. The summed E-state index contributed by atoms with van der Waals surface area (Å²) >= 11 is 7.24. The van der Waals surface area contributed by atoms with Crippen molar-refractivity contribution in [3.05, 3.63) is 21.3 Å². The van der Waals surface area contributed by atoms with Gasteiger partial charge < -0.3 is 4.90 Å². The molecule has 1 rings (SSSR count). The lowest BCUT2D eigenvalue weighted by molar-refractivity contribution is 0.0934. The van der Waals surface area contributed by atoms with Gasteiger partial charge in [0.05, 0.1) is 15.8 Å². The zero-order valence-corrected chi connectivity index (χ0v) is 14.3. The van der Waals surface area contributed by atoms with Gasteiger partial charge in [-0.3, -0.25) is 9.69 Å². The lowest BCUT2D eigenvalue weighted by Gasteiger charge is -2.22. The molecular formula is C15H25ClN2OS. The monoisotopic (exact) mass is 316 g/mol. The predicted molar refractivity (Wildman–Crippen MR) is 88.2 cm³/mol. The van der Waals surface area contributed by atoms with Crippen LogP contribution in [-0.4, -0.2) is 54.9 Å². The van der Waals surface area contributed by atoms with Crippen LogP contribution >= 0.6 is 22.9 Å². The first-order valence-corrected chi connectivity index (χ1v) is 8.53. The first-order chi connectivity index (χ1) is 9.60. The maximum Gasteiger partial charge on any atom is 0.186 e. The Morgan fingerprint density at radius 2 is 1.70 bits per heavy atom. The maximum absolute atomic E-state index is 12.1. The number of ketones is 1. The summed E-state index contributed by atoms with van der Waals surface area (Å²) in [7, 11) is 0. The zero-order valence-electron chi connectivity index (χ0n) is 12.7. The van der Waals surface area contributed by atoms with Gasteiger partial charge in [-0.1, -0.05) is 32.4 Å². The third kappa shape index (κ3) is 5.92. The number of thiophene rings is 1. The minimum atomic E-state index is 0.173. The first kappa shape index (κ1) is 17.6. The average Bonchev–Trinajstić information content (AvgIpc) is 2.89. The highest BCUT2D eigenvalue weighted by Gasteiger charge is 2.13. The Hall–Kier alpha value is -0.420. The number of carbonyl (C=O) groups excluding carboxylic acids is 1. The van der Waals surface area contributed by atoms with E-state index in [1.807, 2.05) is 6.07 Å². The van der Waals surface area contributed by atoms with Gasteiger partial charge in [0.15, 0.2) is 5.78 Å². The number of Topliss-reactive ketones (excluding diaryl/α,β-unsaturated/α-hetero) is 1. The largest absolute Gasteiger partial charge is 0.304 e. The number of nitrogens with zero attached hydrogens (tertiary/aromatic N) is 2. The molecule has 0 aliphatic heterocycles. The molecule has 0 aliphatic carbocycles. The molecule has 0 radical (unpaired) electrons. The smallest absolute Gasteiger partial charge is 0.186 e. The molecule has 0 aromatic carbocycles. The van der Waals surface area contributed by atoms with Crippen molar-refractivity contribution in [1.82, 2.24) is 9.80 Å². The van der Waals surface area contributed by atoms with Crippen LogP contribution in [0.15, 0.2) is 12.1 Å². The van der Waals surface area contributed by atoms with Crippen molar-refractivity contribution in [2.24, 2.45) is 0 Å². The molecule has 0 saturated heterocycles. The Labute approximate surface area is 131 Å². The van der Waals surface area contributed by atoms with Gasteiger partial charge in [-0.25, -0.2) is 0 Å². The number of rotatable bonds is 10. The van der Waals surface area contributed by atoms with Gasteiger partial charge in [0.1, 0.15) is 0 Å². The third-order valence-electron chi connectivity index (χ3n) is 3.51. The minimum Gasteiger partial charge on any atom is -0.304 e.